The first kappa shape index (κ1) is 17.6. The van der Waals surface area contributed by atoms with Crippen molar-refractivity contribution in [1.29, 1.82) is 5.26 Å². The molecule has 0 spiro atoms. The van der Waals surface area contributed by atoms with Gasteiger partial charge in [-0.25, -0.2) is 4.21 Å². The second kappa shape index (κ2) is 6.64. The van der Waals surface area contributed by atoms with Gasteiger partial charge in [0.2, 0.25) is 10.1 Å². The molecule has 0 saturated carbocycles. The predicted octanol–water partition coefficient (Wildman–Crippen LogP) is -0.0663. The molecule has 0 fully saturated rings. The van der Waals surface area contributed by atoms with E-state index < -0.39 is 20.5 Å². The molecular weight excluding hydrogens is 298 g/mol. The van der Waals surface area contributed by atoms with E-state index in [2.05, 4.69) is 14.6 Å². The Morgan fingerprint density at radius 2 is 2.00 bits per heavy atom. The van der Waals surface area contributed by atoms with E-state index in [1.807, 2.05) is 26.1 Å². The topological polar surface area (TPSA) is 143 Å². The Labute approximate surface area is 111 Å². The molecule has 9 nitrogen and oxygen atoms in total. The van der Waals surface area contributed by atoms with Crippen LogP contribution >= 0.6 is 0 Å². The Hall–Kier alpha value is -1.45. The lowest BCUT2D eigenvalue weighted by Gasteiger charge is -1.95. The maximum absolute atomic E-state index is 9.89. The van der Waals surface area contributed by atoms with E-state index in [1.54, 1.807) is 4.68 Å². The van der Waals surface area contributed by atoms with Crippen LogP contribution in [-0.2, 0) is 30.7 Å². The number of nitriles is 1. The summed E-state index contributed by atoms with van der Waals surface area (Å²) in [4.78, 5) is 0. The Morgan fingerprint density at radius 3 is 2.21 bits per heavy atom. The van der Waals surface area contributed by atoms with Crippen LogP contribution < -0.4 is 0 Å². The zero-order chi connectivity index (χ0) is 15.3. The molecule has 1 unspecified atom stereocenters. The summed E-state index contributed by atoms with van der Waals surface area (Å²) in [6.45, 7) is 4.26. The Kier molecular flexibility index (Phi) is 6.13. The number of rotatable bonds is 3. The zero-order valence-corrected chi connectivity index (χ0v) is 11.8. The highest BCUT2D eigenvalue weighted by Gasteiger charge is 2.10. The first-order valence-corrected chi connectivity index (χ1v) is 7.58. The van der Waals surface area contributed by atoms with Crippen LogP contribution in [0.1, 0.15) is 11.3 Å². The molecule has 0 aliphatic heterocycles. The summed E-state index contributed by atoms with van der Waals surface area (Å²) in [5, 5.41) is 12.4. The number of aromatic nitrogens is 2. The second-order valence-corrected chi connectivity index (χ2v) is 5.89. The molecule has 2 N–H and O–H groups in total. The van der Waals surface area contributed by atoms with Crippen molar-refractivity contribution in [2.75, 3.05) is 0 Å². The number of hydrogen-bond acceptors (Lipinski definition) is 6. The van der Waals surface area contributed by atoms with E-state index in [1.165, 1.54) is 0 Å². The van der Waals surface area contributed by atoms with Gasteiger partial charge in [-0.3, -0.25) is 13.8 Å². The molecule has 108 valence electrons. The molecule has 0 saturated heterocycles. The van der Waals surface area contributed by atoms with Gasteiger partial charge in [0.25, 0.3) is 0 Å². The largest absolute Gasteiger partial charge is 0.411 e. The lowest BCUT2D eigenvalue weighted by atomic mass is 10.3. The first-order chi connectivity index (χ1) is 8.44. The van der Waals surface area contributed by atoms with E-state index in [0.717, 1.165) is 11.3 Å². The first-order valence-electron chi connectivity index (χ1n) is 4.60. The highest BCUT2D eigenvalue weighted by atomic mass is 32.3. The molecule has 0 aliphatic carbocycles. The van der Waals surface area contributed by atoms with Gasteiger partial charge >= 0.3 is 10.4 Å². The van der Waals surface area contributed by atoms with Crippen LogP contribution in [0, 0.1) is 25.2 Å². The molecule has 11 heteroatoms. The van der Waals surface area contributed by atoms with Crippen LogP contribution in [0.25, 0.3) is 0 Å². The summed E-state index contributed by atoms with van der Waals surface area (Å²) < 4.78 is 49.6. The fraction of sp³-hybridized carbons (Fsp3) is 0.375. The van der Waals surface area contributed by atoms with Crippen molar-refractivity contribution in [2.24, 2.45) is 0 Å². The molecule has 1 heterocycles. The smallest absolute Gasteiger partial charge is 0.293 e. The van der Waals surface area contributed by atoms with Crippen molar-refractivity contribution in [3.05, 3.63) is 17.5 Å². The van der Waals surface area contributed by atoms with Crippen LogP contribution in [0.2, 0.25) is 0 Å². The summed E-state index contributed by atoms with van der Waals surface area (Å²) in [5.74, 6) is 2.38. The molecule has 0 aliphatic rings. The molecule has 1 rings (SSSR count). The third-order valence-corrected chi connectivity index (χ3v) is 3.16. The van der Waals surface area contributed by atoms with E-state index in [-0.39, 0.29) is 0 Å². The van der Waals surface area contributed by atoms with Gasteiger partial charge in [0.15, 0.2) is 0 Å². The second-order valence-electron chi connectivity index (χ2n) is 3.33. The van der Waals surface area contributed by atoms with Crippen LogP contribution in [0.15, 0.2) is 6.20 Å². The molecule has 0 amide bonds. The highest BCUT2D eigenvalue weighted by molar-refractivity contribution is 7.99. The quantitative estimate of drug-likeness (QED) is 0.583. The summed E-state index contributed by atoms with van der Waals surface area (Å²) in [6.07, 6.45) is 1.87. The highest BCUT2D eigenvalue weighted by Crippen LogP contribution is 2.01. The third kappa shape index (κ3) is 9.17. The van der Waals surface area contributed by atoms with Gasteiger partial charge in [-0.2, -0.15) is 18.8 Å². The lowest BCUT2D eigenvalue weighted by Crippen LogP contribution is -2.10. The average molecular weight is 311 g/mol. The Bertz CT molecular complexity index is 618. The van der Waals surface area contributed by atoms with Crippen molar-refractivity contribution in [3.63, 3.8) is 0 Å². The van der Waals surface area contributed by atoms with Crippen LogP contribution in [-0.4, -0.2) is 37.4 Å². The Morgan fingerprint density at radius 1 is 1.47 bits per heavy atom. The molecule has 1 atom stereocenters. The maximum atomic E-state index is 9.89. The van der Waals surface area contributed by atoms with Crippen LogP contribution in [0.4, 0.5) is 0 Å². The van der Waals surface area contributed by atoms with Gasteiger partial charge in [0.05, 0.1) is 11.8 Å². The number of nitrogens with zero attached hydrogens (tertiary/aromatic N) is 3. The molecule has 1 aromatic rings. The molecule has 1 aromatic heterocycles. The minimum atomic E-state index is -4.87. The monoisotopic (exact) mass is 311 g/mol. The molecule has 19 heavy (non-hydrogen) atoms. The zero-order valence-electron chi connectivity index (χ0n) is 10.2. The van der Waals surface area contributed by atoms with Gasteiger partial charge in [-0.1, -0.05) is 0 Å². The van der Waals surface area contributed by atoms with E-state index in [9.17, 15) is 12.6 Å². The van der Waals surface area contributed by atoms with Crippen LogP contribution in [0.5, 0.6) is 0 Å². The van der Waals surface area contributed by atoms with Crippen molar-refractivity contribution in [1.82, 2.24) is 9.78 Å². The van der Waals surface area contributed by atoms with Gasteiger partial charge < -0.3 is 0 Å². The van der Waals surface area contributed by atoms with Crippen LogP contribution in [0.3, 0.4) is 0 Å². The van der Waals surface area contributed by atoms with Crippen molar-refractivity contribution >= 4 is 26.4 Å². The molecule has 0 radical (unpaired) electrons. The van der Waals surface area contributed by atoms with Crippen molar-refractivity contribution in [2.45, 2.75) is 20.4 Å². The average Bonchev–Trinajstić information content (AvgIpc) is 2.41. The molecule has 0 aromatic carbocycles. The van der Waals surface area contributed by atoms with Crippen molar-refractivity contribution < 1.29 is 25.4 Å². The third-order valence-electron chi connectivity index (χ3n) is 1.62. The summed E-state index contributed by atoms with van der Waals surface area (Å²) in [7, 11) is -8.99. The van der Waals surface area contributed by atoms with E-state index in [0.29, 0.717) is 6.54 Å². The maximum Gasteiger partial charge on any atom is 0.411 e. The fourth-order valence-corrected chi connectivity index (χ4v) is 1.98. The van der Waals surface area contributed by atoms with Gasteiger partial charge in [0.1, 0.15) is 6.54 Å². The van der Waals surface area contributed by atoms with Gasteiger partial charge in [-0.05, 0) is 19.4 Å². The number of aryl methyl sites for hydroxylation is 2. The molecule has 0 bridgehead atoms. The predicted molar refractivity (Wildman–Crippen MR) is 67.8 cm³/mol. The van der Waals surface area contributed by atoms with Crippen molar-refractivity contribution in [3.8, 4) is 6.07 Å². The standard InChI is InChI=1S/C7H9N3.CH4O6S2/c1-6-5-10(4-3-8)9-7(6)2;1-8(2,3)7-9(4,5)6/h5H,4H2,1-2H3;1H2,(H,2,3)(H,4,5,6). The minimum absolute atomic E-state index is 0.342. The summed E-state index contributed by atoms with van der Waals surface area (Å²) in [6, 6.07) is 2.02. The van der Waals surface area contributed by atoms with Gasteiger partial charge in [0, 0.05) is 12.1 Å². The molecular formula is C8H13N3O6S2. The normalized spacial score (nSPS) is 13.8. The van der Waals surface area contributed by atoms with E-state index >= 15 is 0 Å². The summed E-state index contributed by atoms with van der Waals surface area (Å²) >= 11 is 0. The fourth-order valence-electron chi connectivity index (χ4n) is 0.905. The number of hydrogen-bond donors (Lipinski definition) is 2. The Balaban J connectivity index is 0.000000344. The van der Waals surface area contributed by atoms with Gasteiger partial charge in [-0.15, -0.1) is 3.63 Å². The lowest BCUT2D eigenvalue weighted by molar-refractivity contribution is 0.373. The summed E-state index contributed by atoms with van der Waals surface area (Å²) in [5.41, 5.74) is 2.13. The SMILES string of the molecule is C=S(=O)(O)OS(=O)(=O)O.Cc1cn(CC#N)nc1C. The van der Waals surface area contributed by atoms with E-state index in [4.69, 9.17) is 14.4 Å². The minimum Gasteiger partial charge on any atom is -0.293 e.